The summed E-state index contributed by atoms with van der Waals surface area (Å²) in [6.07, 6.45) is 2.47. The third-order valence-corrected chi connectivity index (χ3v) is 4.15. The monoisotopic (exact) mass is 394 g/mol. The highest BCUT2D eigenvalue weighted by Gasteiger charge is 2.29. The van der Waals surface area contributed by atoms with Gasteiger partial charge in [0.15, 0.2) is 0 Å². The Morgan fingerprint density at radius 2 is 1.48 bits per heavy atom. The molecule has 0 atom stereocenters. The number of rotatable bonds is 4. The Balaban J connectivity index is 2.25. The number of nitrogens with zero attached hydrogens (tertiary/aromatic N) is 1. The molecular formula is C23H26N2O4. The molecule has 152 valence electrons. The number of carboxylic acids is 1. The first-order valence-corrected chi connectivity index (χ1v) is 9.22. The third-order valence-electron chi connectivity index (χ3n) is 4.15. The van der Waals surface area contributed by atoms with Crippen LogP contribution in [-0.4, -0.2) is 33.4 Å². The maximum absolute atomic E-state index is 13.1. The van der Waals surface area contributed by atoms with Crippen LogP contribution in [0.2, 0.25) is 0 Å². The van der Waals surface area contributed by atoms with E-state index in [1.165, 1.54) is 11.1 Å². The molecule has 0 unspecified atom stereocenters. The predicted molar refractivity (Wildman–Crippen MR) is 112 cm³/mol. The topological polar surface area (TPSA) is 86.7 Å². The molecule has 2 aromatic rings. The summed E-state index contributed by atoms with van der Waals surface area (Å²) in [5, 5.41) is 10.0. The molecule has 0 fully saturated rings. The number of aliphatic carboxylic acids is 1. The lowest BCUT2D eigenvalue weighted by Crippen LogP contribution is -2.55. The molecule has 0 aliphatic carbocycles. The van der Waals surface area contributed by atoms with Crippen molar-refractivity contribution in [3.63, 3.8) is 0 Å². The Kier molecular flexibility index (Phi) is 6.59. The molecule has 29 heavy (non-hydrogen) atoms. The van der Waals surface area contributed by atoms with Crippen molar-refractivity contribution in [2.75, 3.05) is 0 Å². The largest absolute Gasteiger partial charge is 0.478 e. The van der Waals surface area contributed by atoms with Crippen LogP contribution in [-0.2, 0) is 4.79 Å². The normalized spacial score (nSPS) is 11.3. The fourth-order valence-corrected chi connectivity index (χ4v) is 2.83. The van der Waals surface area contributed by atoms with E-state index in [1.54, 1.807) is 36.4 Å². The van der Waals surface area contributed by atoms with Crippen molar-refractivity contribution in [3.8, 4) is 0 Å². The van der Waals surface area contributed by atoms with Crippen molar-refractivity contribution >= 4 is 23.9 Å². The summed E-state index contributed by atoms with van der Waals surface area (Å²) in [4.78, 5) is 36.4. The Labute approximate surface area is 170 Å². The van der Waals surface area contributed by atoms with Crippen LogP contribution in [0.5, 0.6) is 0 Å². The molecule has 0 heterocycles. The molecule has 0 aliphatic heterocycles. The Bertz CT molecular complexity index is 934. The van der Waals surface area contributed by atoms with Gasteiger partial charge in [-0.05, 0) is 70.5 Å². The van der Waals surface area contributed by atoms with Gasteiger partial charge in [-0.2, -0.15) is 0 Å². The van der Waals surface area contributed by atoms with E-state index in [1.807, 2.05) is 40.7 Å². The van der Waals surface area contributed by atoms with Gasteiger partial charge in [-0.1, -0.05) is 29.3 Å². The summed E-state index contributed by atoms with van der Waals surface area (Å²) in [7, 11) is 0. The van der Waals surface area contributed by atoms with Gasteiger partial charge < -0.3 is 5.11 Å². The van der Waals surface area contributed by atoms with Gasteiger partial charge in [0.1, 0.15) is 0 Å². The van der Waals surface area contributed by atoms with Gasteiger partial charge in [0, 0.05) is 17.2 Å². The first kappa shape index (κ1) is 21.9. The maximum Gasteiger partial charge on any atom is 0.328 e. The Morgan fingerprint density at radius 1 is 0.931 bits per heavy atom. The minimum Gasteiger partial charge on any atom is -0.478 e. The number of nitrogens with one attached hydrogen (secondary N) is 1. The number of benzene rings is 2. The Morgan fingerprint density at radius 3 is 1.97 bits per heavy atom. The van der Waals surface area contributed by atoms with Crippen molar-refractivity contribution < 1.29 is 19.5 Å². The van der Waals surface area contributed by atoms with Crippen LogP contribution in [0.15, 0.2) is 48.5 Å². The zero-order valence-corrected chi connectivity index (χ0v) is 17.3. The number of hydrogen-bond acceptors (Lipinski definition) is 3. The van der Waals surface area contributed by atoms with Crippen molar-refractivity contribution in [1.29, 1.82) is 0 Å². The van der Waals surface area contributed by atoms with Crippen LogP contribution in [0.25, 0.3) is 6.08 Å². The predicted octanol–water partition coefficient (Wildman–Crippen LogP) is 3.99. The maximum atomic E-state index is 13.1. The van der Waals surface area contributed by atoms with Gasteiger partial charge in [0.25, 0.3) is 11.8 Å². The molecular weight excluding hydrogens is 368 g/mol. The zero-order valence-electron chi connectivity index (χ0n) is 17.3. The van der Waals surface area contributed by atoms with Gasteiger partial charge in [0.05, 0.1) is 5.54 Å². The van der Waals surface area contributed by atoms with Crippen molar-refractivity contribution in [2.24, 2.45) is 0 Å². The van der Waals surface area contributed by atoms with Crippen LogP contribution >= 0.6 is 0 Å². The fraction of sp³-hybridized carbons (Fsp3) is 0.261. The average molecular weight is 394 g/mol. The van der Waals surface area contributed by atoms with E-state index < -0.39 is 17.4 Å². The average Bonchev–Trinajstić information content (AvgIpc) is 2.62. The molecule has 0 saturated carbocycles. The SMILES string of the molecule is Cc1cc(C)cc(C(=O)N(NC(=O)c2ccc(C=CC(=O)O)cc2)C(C)(C)C)c1. The lowest BCUT2D eigenvalue weighted by molar-refractivity contribution is -0.131. The minimum atomic E-state index is -1.04. The molecule has 0 aliphatic rings. The summed E-state index contributed by atoms with van der Waals surface area (Å²) in [6, 6.07) is 12.0. The van der Waals surface area contributed by atoms with Crippen LogP contribution < -0.4 is 5.43 Å². The number of carbonyl (C=O) groups is 3. The first-order chi connectivity index (χ1) is 13.5. The third kappa shape index (κ3) is 6.04. The lowest BCUT2D eigenvalue weighted by Gasteiger charge is -2.35. The van der Waals surface area contributed by atoms with Crippen LogP contribution in [0.1, 0.15) is 58.2 Å². The number of amides is 2. The van der Waals surface area contributed by atoms with Crippen molar-refractivity contribution in [3.05, 3.63) is 76.4 Å². The molecule has 0 spiro atoms. The second-order valence-corrected chi connectivity index (χ2v) is 7.92. The molecule has 2 amide bonds. The molecule has 2 rings (SSSR count). The summed E-state index contributed by atoms with van der Waals surface area (Å²) in [5.74, 6) is -1.76. The van der Waals surface area contributed by atoms with E-state index >= 15 is 0 Å². The quantitative estimate of drug-likeness (QED) is 0.606. The number of carbonyl (C=O) groups excluding carboxylic acids is 2. The summed E-state index contributed by atoms with van der Waals surface area (Å²) >= 11 is 0. The minimum absolute atomic E-state index is 0.293. The van der Waals surface area contributed by atoms with Gasteiger partial charge >= 0.3 is 5.97 Å². The van der Waals surface area contributed by atoms with E-state index in [2.05, 4.69) is 5.43 Å². The van der Waals surface area contributed by atoms with E-state index in [-0.39, 0.29) is 5.91 Å². The first-order valence-electron chi connectivity index (χ1n) is 9.22. The van der Waals surface area contributed by atoms with Gasteiger partial charge in [0.2, 0.25) is 0 Å². The number of hydrogen-bond donors (Lipinski definition) is 2. The summed E-state index contributed by atoms with van der Waals surface area (Å²) in [6.45, 7) is 9.36. The molecule has 2 aromatic carbocycles. The van der Waals surface area contributed by atoms with E-state index in [0.29, 0.717) is 16.7 Å². The highest BCUT2D eigenvalue weighted by Crippen LogP contribution is 2.18. The standard InChI is InChI=1S/C23H26N2O4/c1-15-12-16(2)14-19(13-15)22(29)25(23(3,4)5)24-21(28)18-9-6-17(7-10-18)8-11-20(26)27/h6-14H,1-5H3,(H,24,28)(H,26,27). The van der Waals surface area contributed by atoms with Gasteiger partial charge in [-0.25, -0.2) is 9.80 Å². The van der Waals surface area contributed by atoms with Crippen LogP contribution in [0, 0.1) is 13.8 Å². The van der Waals surface area contributed by atoms with E-state index in [9.17, 15) is 14.4 Å². The molecule has 6 nitrogen and oxygen atoms in total. The van der Waals surface area contributed by atoms with Crippen LogP contribution in [0.3, 0.4) is 0 Å². The second kappa shape index (κ2) is 8.73. The fourth-order valence-electron chi connectivity index (χ4n) is 2.83. The molecule has 6 heteroatoms. The molecule has 0 radical (unpaired) electrons. The van der Waals surface area contributed by atoms with Crippen molar-refractivity contribution in [2.45, 2.75) is 40.2 Å². The van der Waals surface area contributed by atoms with Gasteiger partial charge in [-0.15, -0.1) is 0 Å². The van der Waals surface area contributed by atoms with E-state index in [0.717, 1.165) is 17.2 Å². The molecule has 0 saturated heterocycles. The molecule has 2 N–H and O–H groups in total. The Hall–Kier alpha value is -3.41. The number of aryl methyl sites for hydroxylation is 2. The van der Waals surface area contributed by atoms with E-state index in [4.69, 9.17) is 5.11 Å². The number of carboxylic acid groups (broad SMARTS) is 1. The summed E-state index contributed by atoms with van der Waals surface area (Å²) in [5.41, 5.74) is 5.53. The highest BCUT2D eigenvalue weighted by atomic mass is 16.4. The molecule has 0 aromatic heterocycles. The highest BCUT2D eigenvalue weighted by molar-refractivity contribution is 5.99. The second-order valence-electron chi connectivity index (χ2n) is 7.92. The lowest BCUT2D eigenvalue weighted by atomic mass is 10.0. The number of hydrazine groups is 1. The molecule has 0 bridgehead atoms. The van der Waals surface area contributed by atoms with Crippen molar-refractivity contribution in [1.82, 2.24) is 10.4 Å². The van der Waals surface area contributed by atoms with Gasteiger partial charge in [-0.3, -0.25) is 15.0 Å². The smallest absolute Gasteiger partial charge is 0.328 e. The summed E-state index contributed by atoms with van der Waals surface area (Å²) < 4.78 is 0. The zero-order chi connectivity index (χ0) is 21.8. The van der Waals surface area contributed by atoms with Crippen LogP contribution in [0.4, 0.5) is 0 Å².